The highest BCUT2D eigenvalue weighted by Gasteiger charge is 2.12. The molecule has 0 spiro atoms. The Bertz CT molecular complexity index is 665. The van der Waals surface area contributed by atoms with Crippen LogP contribution >= 0.6 is 11.5 Å². The normalized spacial score (nSPS) is 11.9. The summed E-state index contributed by atoms with van der Waals surface area (Å²) in [5, 5.41) is 0. The van der Waals surface area contributed by atoms with Crippen LogP contribution in [0.2, 0.25) is 0 Å². The maximum Gasteiger partial charge on any atom is 0.164 e. The lowest BCUT2D eigenvalue weighted by molar-refractivity contribution is 0.101. The Morgan fingerprint density at radius 1 is 1.33 bits per heavy atom. The zero-order chi connectivity index (χ0) is 13.3. The highest BCUT2D eigenvalue weighted by atomic mass is 32.1. The molecule has 2 rings (SSSR count). The summed E-state index contributed by atoms with van der Waals surface area (Å²) in [4.78, 5) is 16.3. The molecule has 18 heavy (non-hydrogen) atoms. The number of rotatable bonds is 2. The number of nitrogens with zero attached hydrogens (tertiary/aromatic N) is 2. The summed E-state index contributed by atoms with van der Waals surface area (Å²) in [7, 11) is 1.95. The minimum absolute atomic E-state index is 0.0655. The van der Waals surface area contributed by atoms with Crippen molar-refractivity contribution in [2.75, 3.05) is 0 Å². The number of aromatic nitrogens is 1. The van der Waals surface area contributed by atoms with E-state index < -0.39 is 0 Å². The molecule has 0 N–H and O–H groups in total. The third kappa shape index (κ3) is 2.43. The lowest BCUT2D eigenvalue weighted by Gasteiger charge is -1.96. The molecule has 4 heteroatoms. The van der Waals surface area contributed by atoms with E-state index in [-0.39, 0.29) is 5.78 Å². The molecule has 0 radical (unpaired) electrons. The first-order valence-corrected chi connectivity index (χ1v) is 6.55. The highest BCUT2D eigenvalue weighted by molar-refractivity contribution is 7.04. The smallest absolute Gasteiger partial charge is 0.164 e. The maximum atomic E-state index is 11.7. The molecule has 94 valence electrons. The van der Waals surface area contributed by atoms with Gasteiger partial charge in [0, 0.05) is 12.7 Å². The van der Waals surface area contributed by atoms with Gasteiger partial charge in [-0.05, 0) is 50.0 Å². The summed E-state index contributed by atoms with van der Waals surface area (Å²) in [6, 6.07) is 7.97. The fourth-order valence-electron chi connectivity index (χ4n) is 1.85. The van der Waals surface area contributed by atoms with E-state index in [9.17, 15) is 4.79 Å². The average Bonchev–Trinajstić information content (AvgIpc) is 2.54. The second kappa shape index (κ2) is 4.90. The van der Waals surface area contributed by atoms with Crippen LogP contribution in [0, 0.1) is 13.8 Å². The van der Waals surface area contributed by atoms with Crippen molar-refractivity contribution in [3.8, 4) is 0 Å². The summed E-state index contributed by atoms with van der Waals surface area (Å²) in [6.07, 6.45) is 0. The Kier molecular flexibility index (Phi) is 3.48. The fraction of sp³-hybridized carbons (Fsp3) is 0.286. The second-order valence-electron chi connectivity index (χ2n) is 4.36. The molecule has 0 aliphatic heterocycles. The van der Waals surface area contributed by atoms with Gasteiger partial charge in [0.1, 0.15) is 4.67 Å². The van der Waals surface area contributed by atoms with Gasteiger partial charge < -0.3 is 3.96 Å². The largest absolute Gasteiger partial charge is 0.303 e. The molecule has 0 aliphatic carbocycles. The van der Waals surface area contributed by atoms with Crippen molar-refractivity contribution in [3.05, 3.63) is 45.8 Å². The van der Waals surface area contributed by atoms with Gasteiger partial charge in [0.2, 0.25) is 0 Å². The molecule has 0 saturated carbocycles. The van der Waals surface area contributed by atoms with Crippen LogP contribution in [0.15, 0.2) is 29.3 Å². The van der Waals surface area contributed by atoms with E-state index in [1.54, 1.807) is 6.92 Å². The van der Waals surface area contributed by atoms with Crippen molar-refractivity contribution in [2.45, 2.75) is 20.8 Å². The fourth-order valence-corrected chi connectivity index (χ4v) is 2.87. The van der Waals surface area contributed by atoms with Gasteiger partial charge in [-0.1, -0.05) is 12.1 Å². The Morgan fingerprint density at radius 3 is 2.67 bits per heavy atom. The minimum atomic E-state index is 0.0655. The average molecular weight is 260 g/mol. The summed E-state index contributed by atoms with van der Waals surface area (Å²) in [6.45, 7) is 5.57. The topological polar surface area (TPSA) is 34.4 Å². The van der Waals surface area contributed by atoms with Crippen LogP contribution in [0.3, 0.4) is 0 Å². The summed E-state index contributed by atoms with van der Waals surface area (Å²) >= 11 is 1.50. The Morgan fingerprint density at radius 2 is 2.06 bits per heavy atom. The van der Waals surface area contributed by atoms with Crippen molar-refractivity contribution in [2.24, 2.45) is 12.0 Å². The SMILES string of the molecule is CC(=O)c1c(C)n(C)sc1=Nc1cccc(C)c1. The molecule has 0 atom stereocenters. The number of carbonyl (C=O) groups is 1. The molecule has 0 aliphatic rings. The van der Waals surface area contributed by atoms with Gasteiger partial charge in [0.15, 0.2) is 5.78 Å². The lowest BCUT2D eigenvalue weighted by atomic mass is 10.2. The third-order valence-electron chi connectivity index (χ3n) is 2.86. The molecule has 3 nitrogen and oxygen atoms in total. The predicted molar refractivity (Wildman–Crippen MR) is 74.4 cm³/mol. The molecule has 2 aromatic rings. The number of Topliss-reactive ketones (excluding diaryl/α,β-unsaturated/α-hetero) is 1. The first kappa shape index (κ1) is 12.8. The van der Waals surface area contributed by atoms with Gasteiger partial charge in [0.05, 0.1) is 11.3 Å². The molecule has 0 fully saturated rings. The Balaban J connectivity index is 2.64. The Labute approximate surface area is 111 Å². The molecule has 1 aromatic heterocycles. The molecule has 0 amide bonds. The van der Waals surface area contributed by atoms with Gasteiger partial charge in [-0.3, -0.25) is 4.79 Å². The highest BCUT2D eigenvalue weighted by Crippen LogP contribution is 2.15. The Hall–Kier alpha value is -1.68. The number of hydrogen-bond acceptors (Lipinski definition) is 3. The van der Waals surface area contributed by atoms with E-state index in [1.807, 2.05) is 49.1 Å². The quantitative estimate of drug-likeness (QED) is 0.764. The van der Waals surface area contributed by atoms with Crippen molar-refractivity contribution in [1.82, 2.24) is 3.96 Å². The van der Waals surface area contributed by atoms with Crippen LogP contribution in [-0.2, 0) is 7.05 Å². The summed E-state index contributed by atoms with van der Waals surface area (Å²) in [5.41, 5.74) is 3.75. The van der Waals surface area contributed by atoms with E-state index in [1.165, 1.54) is 17.1 Å². The minimum Gasteiger partial charge on any atom is -0.303 e. The number of aryl methyl sites for hydroxylation is 2. The second-order valence-corrected chi connectivity index (χ2v) is 5.48. The van der Waals surface area contributed by atoms with Crippen molar-refractivity contribution < 1.29 is 4.79 Å². The van der Waals surface area contributed by atoms with E-state index >= 15 is 0 Å². The maximum absolute atomic E-state index is 11.7. The van der Waals surface area contributed by atoms with Crippen LogP contribution in [-0.4, -0.2) is 9.74 Å². The zero-order valence-corrected chi connectivity index (χ0v) is 11.8. The molecule has 1 heterocycles. The molecule has 0 saturated heterocycles. The first-order chi connectivity index (χ1) is 8.49. The predicted octanol–water partition coefficient (Wildman–Crippen LogP) is 3.14. The number of hydrogen-bond donors (Lipinski definition) is 0. The number of benzene rings is 1. The van der Waals surface area contributed by atoms with E-state index in [4.69, 9.17) is 0 Å². The van der Waals surface area contributed by atoms with Gasteiger partial charge >= 0.3 is 0 Å². The van der Waals surface area contributed by atoms with E-state index in [2.05, 4.69) is 4.99 Å². The van der Waals surface area contributed by atoms with Crippen LogP contribution in [0.1, 0.15) is 28.5 Å². The van der Waals surface area contributed by atoms with Crippen molar-refractivity contribution in [3.63, 3.8) is 0 Å². The standard InChI is InChI=1S/C14H16N2OS/c1-9-6-5-7-12(8-9)15-14-13(11(3)17)10(2)16(4)18-14/h5-8H,1-4H3. The number of carbonyl (C=O) groups excluding carboxylic acids is 1. The van der Waals surface area contributed by atoms with Crippen LogP contribution in [0.5, 0.6) is 0 Å². The molecule has 0 unspecified atom stereocenters. The molecular formula is C14H16N2OS. The van der Waals surface area contributed by atoms with Crippen LogP contribution in [0.4, 0.5) is 5.69 Å². The first-order valence-electron chi connectivity index (χ1n) is 5.78. The van der Waals surface area contributed by atoms with E-state index in [0.717, 1.165) is 21.6 Å². The van der Waals surface area contributed by atoms with Gasteiger partial charge in [-0.2, -0.15) is 0 Å². The summed E-state index contributed by atoms with van der Waals surface area (Å²) in [5.74, 6) is 0.0655. The molecule has 1 aromatic carbocycles. The van der Waals surface area contributed by atoms with Crippen molar-refractivity contribution >= 4 is 23.0 Å². The van der Waals surface area contributed by atoms with Gasteiger partial charge in [-0.15, -0.1) is 0 Å². The third-order valence-corrected chi connectivity index (χ3v) is 3.87. The number of ketones is 1. The van der Waals surface area contributed by atoms with Gasteiger partial charge in [0.25, 0.3) is 0 Å². The van der Waals surface area contributed by atoms with Crippen molar-refractivity contribution in [1.29, 1.82) is 0 Å². The molecule has 0 bridgehead atoms. The zero-order valence-electron chi connectivity index (χ0n) is 11.0. The van der Waals surface area contributed by atoms with Gasteiger partial charge in [-0.25, -0.2) is 4.99 Å². The summed E-state index contributed by atoms with van der Waals surface area (Å²) < 4.78 is 2.76. The monoisotopic (exact) mass is 260 g/mol. The van der Waals surface area contributed by atoms with E-state index in [0.29, 0.717) is 0 Å². The van der Waals surface area contributed by atoms with Crippen LogP contribution < -0.4 is 4.67 Å². The molecular weight excluding hydrogens is 244 g/mol. The lowest BCUT2D eigenvalue weighted by Crippen LogP contribution is -2.08. The van der Waals surface area contributed by atoms with Crippen LogP contribution in [0.25, 0.3) is 0 Å².